The van der Waals surface area contributed by atoms with Crippen LogP contribution in [-0.2, 0) is 4.74 Å². The van der Waals surface area contributed by atoms with Crippen LogP contribution in [0.4, 0.5) is 5.88 Å². The average molecular weight is 384 g/mol. The molecule has 5 nitrogen and oxygen atoms in total. The minimum Gasteiger partial charge on any atom is -0.440 e. The molecule has 1 fully saturated rings. The summed E-state index contributed by atoms with van der Waals surface area (Å²) in [5.41, 5.74) is 4.69. The molecule has 0 unspecified atom stereocenters. The molecule has 2 aromatic heterocycles. The van der Waals surface area contributed by atoms with Crippen molar-refractivity contribution in [2.75, 3.05) is 31.2 Å². The zero-order valence-corrected chi connectivity index (χ0v) is 15.9. The fraction of sp³-hybridized carbons (Fsp3) is 0.167. The van der Waals surface area contributed by atoms with Gasteiger partial charge >= 0.3 is 0 Å². The maximum atomic E-state index is 12.8. The Hall–Kier alpha value is -3.44. The second-order valence-electron chi connectivity index (χ2n) is 7.05. The van der Waals surface area contributed by atoms with Crippen LogP contribution >= 0.6 is 0 Å². The number of pyridine rings is 1. The standard InChI is InChI=1S/C24H20N2O3/c27-22-16-23(26-11-13-28-14-12-26)29-24-20(5-2-6-21(22)24)19-4-1-3-18(15-19)17-7-9-25-10-8-17/h1-10,15-16H,11-14H2. The number of anilines is 1. The van der Waals surface area contributed by atoms with E-state index in [1.807, 2.05) is 42.5 Å². The molecule has 1 aliphatic rings. The first-order valence-electron chi connectivity index (χ1n) is 9.70. The van der Waals surface area contributed by atoms with Gasteiger partial charge in [-0.25, -0.2) is 0 Å². The van der Waals surface area contributed by atoms with Gasteiger partial charge in [0.15, 0.2) is 11.3 Å². The third-order valence-corrected chi connectivity index (χ3v) is 5.25. The largest absolute Gasteiger partial charge is 0.440 e. The van der Waals surface area contributed by atoms with E-state index in [1.165, 1.54) is 0 Å². The Kier molecular flexibility index (Phi) is 4.58. The van der Waals surface area contributed by atoms with E-state index in [-0.39, 0.29) is 5.43 Å². The first-order chi connectivity index (χ1) is 14.3. The predicted molar refractivity (Wildman–Crippen MR) is 114 cm³/mol. The summed E-state index contributed by atoms with van der Waals surface area (Å²) in [7, 11) is 0. The van der Waals surface area contributed by atoms with Crippen molar-refractivity contribution in [1.82, 2.24) is 4.98 Å². The molecule has 144 valence electrons. The fourth-order valence-electron chi connectivity index (χ4n) is 3.74. The van der Waals surface area contributed by atoms with Gasteiger partial charge in [-0.15, -0.1) is 0 Å². The monoisotopic (exact) mass is 384 g/mol. The van der Waals surface area contributed by atoms with E-state index in [4.69, 9.17) is 9.15 Å². The van der Waals surface area contributed by atoms with E-state index in [1.54, 1.807) is 18.5 Å². The minimum absolute atomic E-state index is 0.0279. The van der Waals surface area contributed by atoms with Crippen molar-refractivity contribution < 1.29 is 9.15 Å². The van der Waals surface area contributed by atoms with E-state index in [0.717, 1.165) is 22.3 Å². The molecular weight excluding hydrogens is 364 g/mol. The minimum atomic E-state index is -0.0279. The zero-order valence-electron chi connectivity index (χ0n) is 15.9. The van der Waals surface area contributed by atoms with Crippen LogP contribution in [0.3, 0.4) is 0 Å². The van der Waals surface area contributed by atoms with Crippen molar-refractivity contribution in [1.29, 1.82) is 0 Å². The average Bonchev–Trinajstić information content (AvgIpc) is 2.80. The number of morpholine rings is 1. The van der Waals surface area contributed by atoms with Gasteiger partial charge in [0.05, 0.1) is 18.6 Å². The smallest absolute Gasteiger partial charge is 0.200 e. The van der Waals surface area contributed by atoms with Crippen molar-refractivity contribution >= 4 is 16.9 Å². The van der Waals surface area contributed by atoms with Crippen molar-refractivity contribution in [3.63, 3.8) is 0 Å². The number of hydrogen-bond acceptors (Lipinski definition) is 5. The highest BCUT2D eigenvalue weighted by Crippen LogP contribution is 2.32. The van der Waals surface area contributed by atoms with Gasteiger partial charge in [-0.2, -0.15) is 0 Å². The quantitative estimate of drug-likeness (QED) is 0.525. The van der Waals surface area contributed by atoms with Crippen LogP contribution in [0.1, 0.15) is 0 Å². The van der Waals surface area contributed by atoms with E-state index in [9.17, 15) is 4.79 Å². The molecule has 0 aliphatic carbocycles. The number of hydrogen-bond donors (Lipinski definition) is 0. The number of para-hydroxylation sites is 1. The van der Waals surface area contributed by atoms with Crippen LogP contribution in [0.2, 0.25) is 0 Å². The van der Waals surface area contributed by atoms with Crippen LogP contribution in [0.5, 0.6) is 0 Å². The van der Waals surface area contributed by atoms with Gasteiger partial charge in [0, 0.05) is 37.1 Å². The number of fused-ring (bicyclic) bond motifs is 1. The van der Waals surface area contributed by atoms with Gasteiger partial charge in [0.2, 0.25) is 0 Å². The molecule has 1 saturated heterocycles. The molecule has 0 N–H and O–H groups in total. The van der Waals surface area contributed by atoms with Crippen molar-refractivity contribution in [3.05, 3.63) is 83.3 Å². The fourth-order valence-corrected chi connectivity index (χ4v) is 3.74. The lowest BCUT2D eigenvalue weighted by Crippen LogP contribution is -2.36. The Balaban J connectivity index is 1.65. The van der Waals surface area contributed by atoms with Gasteiger partial charge < -0.3 is 14.1 Å². The van der Waals surface area contributed by atoms with Crippen molar-refractivity contribution in [3.8, 4) is 22.3 Å². The maximum absolute atomic E-state index is 12.8. The lowest BCUT2D eigenvalue weighted by molar-refractivity contribution is 0.121. The SMILES string of the molecule is O=c1cc(N2CCOCC2)oc2c(-c3cccc(-c4ccncc4)c3)cccc12. The second kappa shape index (κ2) is 7.53. The van der Waals surface area contributed by atoms with Gasteiger partial charge in [-0.1, -0.05) is 30.3 Å². The molecule has 0 saturated carbocycles. The molecule has 3 heterocycles. The lowest BCUT2D eigenvalue weighted by atomic mass is 9.98. The van der Waals surface area contributed by atoms with E-state index in [0.29, 0.717) is 43.2 Å². The molecule has 0 amide bonds. The summed E-state index contributed by atoms with van der Waals surface area (Å²) in [5.74, 6) is 0.600. The van der Waals surface area contributed by atoms with Crippen molar-refractivity contribution in [2.24, 2.45) is 0 Å². The van der Waals surface area contributed by atoms with E-state index in [2.05, 4.69) is 22.0 Å². The number of nitrogens with zero attached hydrogens (tertiary/aromatic N) is 2. The van der Waals surface area contributed by atoms with Crippen LogP contribution in [0.15, 0.2) is 82.3 Å². The Morgan fingerprint density at radius 2 is 1.59 bits per heavy atom. The number of benzene rings is 2. The summed E-state index contributed by atoms with van der Waals surface area (Å²) >= 11 is 0. The summed E-state index contributed by atoms with van der Waals surface area (Å²) in [6.07, 6.45) is 3.57. The van der Waals surface area contributed by atoms with Gasteiger partial charge in [0.1, 0.15) is 5.58 Å². The third-order valence-electron chi connectivity index (χ3n) is 5.25. The van der Waals surface area contributed by atoms with Crippen LogP contribution in [0, 0.1) is 0 Å². The highest BCUT2D eigenvalue weighted by molar-refractivity contribution is 5.93. The number of ether oxygens (including phenoxy) is 1. The Labute approximate surface area is 168 Å². The Morgan fingerprint density at radius 1 is 0.828 bits per heavy atom. The summed E-state index contributed by atoms with van der Waals surface area (Å²) < 4.78 is 11.7. The topological polar surface area (TPSA) is 55.6 Å². The predicted octanol–water partition coefficient (Wildman–Crippen LogP) is 4.36. The highest BCUT2D eigenvalue weighted by atomic mass is 16.5. The summed E-state index contributed by atoms with van der Waals surface area (Å²) in [4.78, 5) is 18.9. The first kappa shape index (κ1) is 17.6. The van der Waals surface area contributed by atoms with Gasteiger partial charge in [-0.05, 0) is 41.0 Å². The zero-order chi connectivity index (χ0) is 19.6. The van der Waals surface area contributed by atoms with Gasteiger partial charge in [0.25, 0.3) is 0 Å². The molecule has 5 rings (SSSR count). The second-order valence-corrected chi connectivity index (χ2v) is 7.05. The van der Waals surface area contributed by atoms with E-state index >= 15 is 0 Å². The Morgan fingerprint density at radius 3 is 2.41 bits per heavy atom. The summed E-state index contributed by atoms with van der Waals surface area (Å²) in [5, 5.41) is 0.592. The summed E-state index contributed by atoms with van der Waals surface area (Å²) in [6, 6.07) is 19.5. The molecule has 0 radical (unpaired) electrons. The lowest BCUT2D eigenvalue weighted by Gasteiger charge is -2.27. The molecule has 1 aliphatic heterocycles. The number of aromatic nitrogens is 1. The molecule has 5 heteroatoms. The summed E-state index contributed by atoms with van der Waals surface area (Å²) in [6.45, 7) is 2.71. The molecule has 0 atom stereocenters. The van der Waals surface area contributed by atoms with Crippen LogP contribution < -0.4 is 10.3 Å². The van der Waals surface area contributed by atoms with Crippen molar-refractivity contribution in [2.45, 2.75) is 0 Å². The molecule has 2 aromatic carbocycles. The maximum Gasteiger partial charge on any atom is 0.200 e. The van der Waals surface area contributed by atoms with E-state index < -0.39 is 0 Å². The first-order valence-corrected chi connectivity index (χ1v) is 9.70. The molecular formula is C24H20N2O3. The molecule has 0 spiro atoms. The van der Waals surface area contributed by atoms with Gasteiger partial charge in [-0.3, -0.25) is 9.78 Å². The number of rotatable bonds is 3. The molecule has 4 aromatic rings. The van der Waals surface area contributed by atoms with Crippen LogP contribution in [0.25, 0.3) is 33.2 Å². The highest BCUT2D eigenvalue weighted by Gasteiger charge is 2.17. The third kappa shape index (κ3) is 3.41. The molecule has 0 bridgehead atoms. The van der Waals surface area contributed by atoms with Crippen LogP contribution in [-0.4, -0.2) is 31.3 Å². The normalized spacial score (nSPS) is 14.3. The Bertz CT molecular complexity index is 1210. The molecule has 29 heavy (non-hydrogen) atoms.